The van der Waals surface area contributed by atoms with Crippen LogP contribution in [0.2, 0.25) is 0 Å². The highest BCUT2D eigenvalue weighted by Crippen LogP contribution is 2.22. The molecular formula is C11H22FN. The maximum Gasteiger partial charge on any atom is 0.0923 e. The molecule has 0 bridgehead atoms. The number of alkyl halides is 1. The zero-order valence-electron chi connectivity index (χ0n) is 9.15. The molecule has 78 valence electrons. The van der Waals surface area contributed by atoms with Gasteiger partial charge in [0.1, 0.15) is 0 Å². The van der Waals surface area contributed by atoms with E-state index < -0.39 is 0 Å². The van der Waals surface area contributed by atoms with Crippen LogP contribution in [0.3, 0.4) is 0 Å². The molecular weight excluding hydrogens is 165 g/mol. The van der Waals surface area contributed by atoms with E-state index in [2.05, 4.69) is 25.7 Å². The number of hydrogen-bond acceptors (Lipinski definition) is 1. The molecule has 0 aliphatic carbocycles. The lowest BCUT2D eigenvalue weighted by Gasteiger charge is -2.35. The van der Waals surface area contributed by atoms with Crippen molar-refractivity contribution in [3.05, 3.63) is 0 Å². The van der Waals surface area contributed by atoms with Gasteiger partial charge in [-0.3, -0.25) is 4.39 Å². The van der Waals surface area contributed by atoms with Gasteiger partial charge in [-0.25, -0.2) is 0 Å². The highest BCUT2D eigenvalue weighted by Gasteiger charge is 2.22. The average molecular weight is 187 g/mol. The Bertz CT molecular complexity index is 143. The Balaban J connectivity index is 2.25. The molecule has 0 radical (unpaired) electrons. The minimum atomic E-state index is -0.122. The van der Waals surface area contributed by atoms with E-state index in [1.165, 1.54) is 0 Å². The fourth-order valence-electron chi connectivity index (χ4n) is 1.97. The Morgan fingerprint density at radius 2 is 1.77 bits per heavy atom. The Kier molecular flexibility index (Phi) is 3.72. The van der Waals surface area contributed by atoms with Crippen molar-refractivity contribution >= 4 is 0 Å². The largest absolute Gasteiger partial charge is 0.303 e. The first-order chi connectivity index (χ1) is 6.01. The van der Waals surface area contributed by atoms with Crippen LogP contribution in [0.1, 0.15) is 33.6 Å². The molecule has 1 nitrogen and oxygen atoms in total. The SMILES string of the molecule is CC(C)(C)CN1CCC(CF)CC1. The van der Waals surface area contributed by atoms with Crippen LogP contribution < -0.4 is 0 Å². The van der Waals surface area contributed by atoms with Gasteiger partial charge in [0.2, 0.25) is 0 Å². The van der Waals surface area contributed by atoms with E-state index in [1.54, 1.807) is 0 Å². The van der Waals surface area contributed by atoms with Gasteiger partial charge in [-0.15, -0.1) is 0 Å². The molecule has 1 heterocycles. The smallest absolute Gasteiger partial charge is 0.0923 e. The minimum Gasteiger partial charge on any atom is -0.303 e. The lowest BCUT2D eigenvalue weighted by molar-refractivity contribution is 0.126. The van der Waals surface area contributed by atoms with Crippen molar-refractivity contribution in [1.82, 2.24) is 4.90 Å². The summed E-state index contributed by atoms with van der Waals surface area (Å²) in [5.74, 6) is 0.344. The first kappa shape index (κ1) is 11.0. The third kappa shape index (κ3) is 4.08. The monoisotopic (exact) mass is 187 g/mol. The van der Waals surface area contributed by atoms with Crippen molar-refractivity contribution in [3.8, 4) is 0 Å². The molecule has 0 amide bonds. The van der Waals surface area contributed by atoms with Crippen LogP contribution in [0.15, 0.2) is 0 Å². The summed E-state index contributed by atoms with van der Waals surface area (Å²) in [5.41, 5.74) is 0.378. The molecule has 1 saturated heterocycles. The maximum atomic E-state index is 12.3. The molecule has 0 atom stereocenters. The van der Waals surface area contributed by atoms with Crippen molar-refractivity contribution in [3.63, 3.8) is 0 Å². The van der Waals surface area contributed by atoms with Crippen LogP contribution in [0.4, 0.5) is 4.39 Å². The van der Waals surface area contributed by atoms with Gasteiger partial charge in [0, 0.05) is 6.54 Å². The molecule has 1 aliphatic heterocycles. The quantitative estimate of drug-likeness (QED) is 0.642. The highest BCUT2D eigenvalue weighted by atomic mass is 19.1. The molecule has 1 rings (SSSR count). The minimum absolute atomic E-state index is 0.122. The number of hydrogen-bond donors (Lipinski definition) is 0. The van der Waals surface area contributed by atoms with Crippen LogP contribution in [-0.4, -0.2) is 31.2 Å². The first-order valence-electron chi connectivity index (χ1n) is 5.29. The van der Waals surface area contributed by atoms with Crippen molar-refractivity contribution in [2.24, 2.45) is 11.3 Å². The Morgan fingerprint density at radius 1 is 1.23 bits per heavy atom. The summed E-state index contributed by atoms with van der Waals surface area (Å²) in [6.07, 6.45) is 2.10. The number of likely N-dealkylation sites (tertiary alicyclic amines) is 1. The number of piperidine rings is 1. The molecule has 0 spiro atoms. The standard InChI is InChI=1S/C11H22FN/c1-11(2,3)9-13-6-4-10(8-12)5-7-13/h10H,4-9H2,1-3H3. The molecule has 0 aromatic carbocycles. The van der Waals surface area contributed by atoms with E-state index in [1.807, 2.05) is 0 Å². The zero-order valence-corrected chi connectivity index (χ0v) is 9.15. The molecule has 2 heteroatoms. The second-order valence-electron chi connectivity index (χ2n) is 5.43. The third-order valence-electron chi connectivity index (χ3n) is 2.62. The fraction of sp³-hybridized carbons (Fsp3) is 1.00. The average Bonchev–Trinajstić information content (AvgIpc) is 2.03. The van der Waals surface area contributed by atoms with Gasteiger partial charge >= 0.3 is 0 Å². The molecule has 0 unspecified atom stereocenters. The maximum absolute atomic E-state index is 12.3. The number of nitrogens with zero attached hydrogens (tertiary/aromatic N) is 1. The molecule has 1 fully saturated rings. The summed E-state index contributed by atoms with van der Waals surface area (Å²) in [7, 11) is 0. The third-order valence-corrected chi connectivity index (χ3v) is 2.62. The predicted octanol–water partition coefficient (Wildman–Crippen LogP) is 2.71. The fourth-order valence-corrected chi connectivity index (χ4v) is 1.97. The molecule has 0 N–H and O–H groups in total. The van der Waals surface area contributed by atoms with Crippen molar-refractivity contribution in [2.75, 3.05) is 26.3 Å². The summed E-state index contributed by atoms with van der Waals surface area (Å²) in [5, 5.41) is 0. The van der Waals surface area contributed by atoms with Crippen LogP contribution in [0.5, 0.6) is 0 Å². The van der Waals surface area contributed by atoms with Gasteiger partial charge in [-0.2, -0.15) is 0 Å². The summed E-state index contributed by atoms with van der Waals surface area (Å²) in [6.45, 7) is 9.98. The van der Waals surface area contributed by atoms with Gasteiger partial charge in [0.05, 0.1) is 6.67 Å². The van der Waals surface area contributed by atoms with E-state index in [4.69, 9.17) is 0 Å². The molecule has 1 aliphatic rings. The normalized spacial score (nSPS) is 22.2. The van der Waals surface area contributed by atoms with Crippen LogP contribution >= 0.6 is 0 Å². The van der Waals surface area contributed by atoms with Gasteiger partial charge < -0.3 is 4.90 Å². The number of halogens is 1. The van der Waals surface area contributed by atoms with Gasteiger partial charge in [0.15, 0.2) is 0 Å². The first-order valence-corrected chi connectivity index (χ1v) is 5.29. The molecule has 0 aromatic rings. The summed E-state index contributed by atoms with van der Waals surface area (Å²) >= 11 is 0. The molecule has 0 saturated carbocycles. The lowest BCUT2D eigenvalue weighted by atomic mass is 9.92. The van der Waals surface area contributed by atoms with Gasteiger partial charge in [-0.1, -0.05) is 20.8 Å². The Morgan fingerprint density at radius 3 is 2.15 bits per heavy atom. The lowest BCUT2D eigenvalue weighted by Crippen LogP contribution is -2.39. The second-order valence-corrected chi connectivity index (χ2v) is 5.43. The van der Waals surface area contributed by atoms with E-state index in [-0.39, 0.29) is 6.67 Å². The Hall–Kier alpha value is -0.110. The van der Waals surface area contributed by atoms with Crippen LogP contribution in [-0.2, 0) is 0 Å². The van der Waals surface area contributed by atoms with Gasteiger partial charge in [-0.05, 0) is 37.3 Å². The van der Waals surface area contributed by atoms with Crippen LogP contribution in [0, 0.1) is 11.3 Å². The predicted molar refractivity (Wildman–Crippen MR) is 54.6 cm³/mol. The zero-order chi connectivity index (χ0) is 9.90. The second kappa shape index (κ2) is 4.41. The van der Waals surface area contributed by atoms with E-state index in [0.717, 1.165) is 32.5 Å². The Labute approximate surface area is 81.3 Å². The highest BCUT2D eigenvalue weighted by molar-refractivity contribution is 4.75. The number of rotatable bonds is 2. The van der Waals surface area contributed by atoms with E-state index in [9.17, 15) is 4.39 Å². The summed E-state index contributed by atoms with van der Waals surface area (Å²) < 4.78 is 12.3. The van der Waals surface area contributed by atoms with E-state index >= 15 is 0 Å². The van der Waals surface area contributed by atoms with Crippen molar-refractivity contribution < 1.29 is 4.39 Å². The van der Waals surface area contributed by atoms with Crippen LogP contribution in [0.25, 0.3) is 0 Å². The van der Waals surface area contributed by atoms with Crippen molar-refractivity contribution in [2.45, 2.75) is 33.6 Å². The van der Waals surface area contributed by atoms with Crippen molar-refractivity contribution in [1.29, 1.82) is 0 Å². The van der Waals surface area contributed by atoms with Gasteiger partial charge in [0.25, 0.3) is 0 Å². The molecule has 0 aromatic heterocycles. The molecule has 13 heavy (non-hydrogen) atoms. The van der Waals surface area contributed by atoms with E-state index in [0.29, 0.717) is 11.3 Å². The summed E-state index contributed by atoms with van der Waals surface area (Å²) in [4.78, 5) is 2.46. The summed E-state index contributed by atoms with van der Waals surface area (Å²) in [6, 6.07) is 0. The topological polar surface area (TPSA) is 3.24 Å².